The highest BCUT2D eigenvalue weighted by atomic mass is 16.5. The maximum atomic E-state index is 5.26. The minimum Gasteiger partial charge on any atom is -0.384 e. The van der Waals surface area contributed by atoms with Gasteiger partial charge in [0.2, 0.25) is 0 Å². The molecule has 1 saturated heterocycles. The molecular formula is C14H21N5O. The number of anilines is 2. The Morgan fingerprint density at radius 1 is 1.50 bits per heavy atom. The molecule has 3 rings (SSSR count). The molecule has 1 unspecified atom stereocenters. The molecule has 0 saturated carbocycles. The van der Waals surface area contributed by atoms with E-state index in [1.165, 1.54) is 0 Å². The van der Waals surface area contributed by atoms with E-state index in [4.69, 9.17) is 9.72 Å². The Kier molecular flexibility index (Phi) is 3.73. The summed E-state index contributed by atoms with van der Waals surface area (Å²) >= 11 is 0. The average Bonchev–Trinajstić information content (AvgIpc) is 3.07. The maximum Gasteiger partial charge on any atom is 0.180 e. The van der Waals surface area contributed by atoms with Crippen LogP contribution in [0.3, 0.4) is 0 Å². The molecule has 20 heavy (non-hydrogen) atoms. The zero-order valence-electron chi connectivity index (χ0n) is 12.0. The van der Waals surface area contributed by atoms with Crippen LogP contribution >= 0.6 is 0 Å². The largest absolute Gasteiger partial charge is 0.384 e. The van der Waals surface area contributed by atoms with Crippen molar-refractivity contribution < 1.29 is 4.74 Å². The molecule has 1 N–H and O–H groups in total. The van der Waals surface area contributed by atoms with Gasteiger partial charge in [0.25, 0.3) is 0 Å². The Balaban J connectivity index is 1.91. The first-order chi connectivity index (χ1) is 9.81. The number of hydrogen-bond acceptors (Lipinski definition) is 5. The molecule has 6 nitrogen and oxygen atoms in total. The fourth-order valence-electron chi connectivity index (χ4n) is 2.79. The number of aromatic nitrogens is 3. The van der Waals surface area contributed by atoms with Crippen molar-refractivity contribution in [1.29, 1.82) is 0 Å². The summed E-state index contributed by atoms with van der Waals surface area (Å²) in [6, 6.07) is 0. The lowest BCUT2D eigenvalue weighted by Gasteiger charge is -2.19. The van der Waals surface area contributed by atoms with E-state index in [9.17, 15) is 0 Å². The molecule has 108 valence electrons. The molecule has 0 spiro atoms. The van der Waals surface area contributed by atoms with Crippen molar-refractivity contribution in [3.63, 3.8) is 0 Å². The van der Waals surface area contributed by atoms with Crippen molar-refractivity contribution in [3.8, 4) is 0 Å². The summed E-state index contributed by atoms with van der Waals surface area (Å²) in [7, 11) is 1.76. The molecule has 3 heterocycles. The van der Waals surface area contributed by atoms with Gasteiger partial charge < -0.3 is 19.4 Å². The molecule has 0 aromatic carbocycles. The molecule has 0 amide bonds. The van der Waals surface area contributed by atoms with Gasteiger partial charge in [0.15, 0.2) is 11.5 Å². The fourth-order valence-corrected chi connectivity index (χ4v) is 2.79. The Bertz CT molecular complexity index is 582. The van der Waals surface area contributed by atoms with Crippen molar-refractivity contribution in [2.45, 2.75) is 13.3 Å². The van der Waals surface area contributed by atoms with E-state index in [0.29, 0.717) is 5.92 Å². The van der Waals surface area contributed by atoms with E-state index in [-0.39, 0.29) is 0 Å². The predicted molar refractivity (Wildman–Crippen MR) is 79.3 cm³/mol. The molecule has 1 aliphatic rings. The van der Waals surface area contributed by atoms with Crippen LogP contribution in [0.5, 0.6) is 0 Å². The van der Waals surface area contributed by atoms with Crippen LogP contribution in [0.4, 0.5) is 11.6 Å². The minimum absolute atomic E-state index is 0.583. The van der Waals surface area contributed by atoms with E-state index in [1.54, 1.807) is 7.11 Å². The normalized spacial score (nSPS) is 18.9. The number of ether oxygens (including phenoxy) is 1. The van der Waals surface area contributed by atoms with Crippen LogP contribution in [0.2, 0.25) is 0 Å². The summed E-state index contributed by atoms with van der Waals surface area (Å²) in [6.45, 7) is 5.75. The van der Waals surface area contributed by atoms with Crippen LogP contribution in [0.25, 0.3) is 5.65 Å². The van der Waals surface area contributed by atoms with Gasteiger partial charge in [-0.15, -0.1) is 0 Å². The van der Waals surface area contributed by atoms with Gasteiger partial charge in [-0.05, 0) is 13.3 Å². The van der Waals surface area contributed by atoms with Crippen LogP contribution in [-0.4, -0.2) is 47.7 Å². The van der Waals surface area contributed by atoms with Gasteiger partial charge in [-0.1, -0.05) is 0 Å². The van der Waals surface area contributed by atoms with Gasteiger partial charge in [-0.2, -0.15) is 0 Å². The second kappa shape index (κ2) is 5.66. The topological polar surface area (TPSA) is 54.7 Å². The maximum absolute atomic E-state index is 5.26. The fraction of sp³-hybridized carbons (Fsp3) is 0.571. The highest BCUT2D eigenvalue weighted by Gasteiger charge is 2.25. The van der Waals surface area contributed by atoms with Crippen LogP contribution < -0.4 is 10.2 Å². The van der Waals surface area contributed by atoms with E-state index < -0.39 is 0 Å². The Labute approximate surface area is 118 Å². The molecule has 0 aliphatic carbocycles. The number of nitrogens with one attached hydrogen (secondary N) is 1. The first-order valence-electron chi connectivity index (χ1n) is 7.13. The van der Waals surface area contributed by atoms with Crippen molar-refractivity contribution in [2.24, 2.45) is 5.92 Å². The van der Waals surface area contributed by atoms with Crippen LogP contribution in [0.15, 0.2) is 18.6 Å². The van der Waals surface area contributed by atoms with Crippen LogP contribution in [0.1, 0.15) is 13.3 Å². The van der Waals surface area contributed by atoms with Gasteiger partial charge in [-0.3, -0.25) is 0 Å². The van der Waals surface area contributed by atoms with Crippen molar-refractivity contribution in [2.75, 3.05) is 43.6 Å². The lowest BCUT2D eigenvalue weighted by Crippen LogP contribution is -2.23. The van der Waals surface area contributed by atoms with Gasteiger partial charge in [0, 0.05) is 45.1 Å². The molecular weight excluding hydrogens is 254 g/mol. The van der Waals surface area contributed by atoms with Crippen molar-refractivity contribution in [3.05, 3.63) is 18.6 Å². The highest BCUT2D eigenvalue weighted by molar-refractivity contribution is 5.67. The van der Waals surface area contributed by atoms with Crippen LogP contribution in [0, 0.1) is 5.92 Å². The number of nitrogens with zero attached hydrogens (tertiary/aromatic N) is 4. The molecule has 1 aliphatic heterocycles. The Morgan fingerprint density at radius 2 is 2.40 bits per heavy atom. The zero-order valence-corrected chi connectivity index (χ0v) is 12.0. The number of imidazole rings is 1. The lowest BCUT2D eigenvalue weighted by molar-refractivity contribution is 0.161. The summed E-state index contributed by atoms with van der Waals surface area (Å²) in [5.41, 5.74) is 0.921. The number of fused-ring (bicyclic) bond motifs is 1. The molecule has 1 fully saturated rings. The molecule has 0 bridgehead atoms. The Morgan fingerprint density at radius 3 is 3.20 bits per heavy atom. The van der Waals surface area contributed by atoms with Gasteiger partial charge in [0.1, 0.15) is 5.82 Å². The first-order valence-corrected chi connectivity index (χ1v) is 7.13. The second-order valence-electron chi connectivity index (χ2n) is 5.19. The second-order valence-corrected chi connectivity index (χ2v) is 5.19. The highest BCUT2D eigenvalue weighted by Crippen LogP contribution is 2.26. The summed E-state index contributed by atoms with van der Waals surface area (Å²) in [4.78, 5) is 11.5. The summed E-state index contributed by atoms with van der Waals surface area (Å²) in [5.74, 6) is 2.44. The molecule has 2 aromatic rings. The summed E-state index contributed by atoms with van der Waals surface area (Å²) in [6.07, 6.45) is 6.91. The number of hydrogen-bond donors (Lipinski definition) is 1. The quantitative estimate of drug-likeness (QED) is 0.899. The third kappa shape index (κ3) is 2.43. The van der Waals surface area contributed by atoms with Crippen molar-refractivity contribution >= 4 is 17.3 Å². The average molecular weight is 275 g/mol. The SMILES string of the molecule is CCNc1cn2ccnc2c(N2CCC(COC)C2)n1. The number of rotatable bonds is 5. The van der Waals surface area contributed by atoms with Crippen molar-refractivity contribution in [1.82, 2.24) is 14.4 Å². The van der Waals surface area contributed by atoms with Gasteiger partial charge in [-0.25, -0.2) is 9.97 Å². The van der Waals surface area contributed by atoms with Gasteiger partial charge >= 0.3 is 0 Å². The Hall–Kier alpha value is -1.82. The smallest absolute Gasteiger partial charge is 0.180 e. The van der Waals surface area contributed by atoms with E-state index in [2.05, 4.69) is 22.1 Å². The zero-order chi connectivity index (χ0) is 13.9. The third-order valence-corrected chi connectivity index (χ3v) is 3.70. The monoisotopic (exact) mass is 275 g/mol. The first kappa shape index (κ1) is 13.2. The summed E-state index contributed by atoms with van der Waals surface area (Å²) in [5, 5.41) is 3.28. The third-order valence-electron chi connectivity index (χ3n) is 3.70. The van der Waals surface area contributed by atoms with E-state index in [0.717, 1.165) is 49.9 Å². The van der Waals surface area contributed by atoms with E-state index in [1.807, 2.05) is 23.0 Å². The van der Waals surface area contributed by atoms with Crippen LogP contribution in [-0.2, 0) is 4.74 Å². The molecule has 1 atom stereocenters. The standard InChI is InChI=1S/C14H21N5O/c1-3-15-12-9-19-7-5-16-13(19)14(17-12)18-6-4-11(8-18)10-20-2/h5,7,9,11,15H,3-4,6,8,10H2,1-2H3. The lowest BCUT2D eigenvalue weighted by atomic mass is 10.1. The summed E-state index contributed by atoms with van der Waals surface area (Å²) < 4.78 is 7.30. The molecule has 0 radical (unpaired) electrons. The number of methoxy groups -OCH3 is 1. The minimum atomic E-state index is 0.583. The van der Waals surface area contributed by atoms with E-state index >= 15 is 0 Å². The molecule has 6 heteroatoms. The predicted octanol–water partition coefficient (Wildman–Crippen LogP) is 1.63. The van der Waals surface area contributed by atoms with Gasteiger partial charge in [0.05, 0.1) is 12.8 Å². The molecule has 2 aromatic heterocycles.